The summed E-state index contributed by atoms with van der Waals surface area (Å²) in [6.45, 7) is 0. The van der Waals surface area contributed by atoms with Gasteiger partial charge in [-0.15, -0.1) is 0 Å². The molecule has 0 fully saturated rings. The fraction of sp³-hybridized carbons (Fsp3) is 0.222. The average Bonchev–Trinajstić information content (AvgIpc) is 2.61. The minimum atomic E-state index is -1.17. The van der Waals surface area contributed by atoms with Crippen molar-refractivity contribution in [3.8, 4) is 17.2 Å². The summed E-state index contributed by atoms with van der Waals surface area (Å²) in [5.41, 5.74) is 1.67. The molecule has 0 radical (unpaired) electrons. The fourth-order valence-electron chi connectivity index (χ4n) is 2.13. The van der Waals surface area contributed by atoms with Crippen LogP contribution in [0.5, 0.6) is 17.2 Å². The number of benzene rings is 2. The highest BCUT2D eigenvalue weighted by atomic mass is 35.5. The average molecular weight is 367 g/mol. The number of hydrogen-bond acceptors (Lipinski definition) is 4. The summed E-state index contributed by atoms with van der Waals surface area (Å²) in [5.74, 6) is 2.22. The topological polar surface area (TPSA) is 50.8 Å². The van der Waals surface area contributed by atoms with Crippen molar-refractivity contribution in [2.45, 2.75) is 5.75 Å². The van der Waals surface area contributed by atoms with Gasteiger partial charge in [0, 0.05) is 28.8 Å². The van der Waals surface area contributed by atoms with Gasteiger partial charge in [-0.25, -0.2) is 0 Å². The van der Waals surface area contributed by atoms with E-state index in [1.54, 1.807) is 57.1 Å². The van der Waals surface area contributed by atoms with Crippen molar-refractivity contribution in [1.82, 2.24) is 0 Å². The molecule has 4 nitrogen and oxygen atoms in total. The Hall–Kier alpha value is -1.82. The van der Waals surface area contributed by atoms with Crippen molar-refractivity contribution in [1.29, 1.82) is 0 Å². The molecule has 2 aromatic carbocycles. The van der Waals surface area contributed by atoms with Crippen molar-refractivity contribution < 1.29 is 18.8 Å². The smallest absolute Gasteiger partial charge is 0.135 e. The summed E-state index contributed by atoms with van der Waals surface area (Å²) in [6, 6.07) is 10.8. The van der Waals surface area contributed by atoms with Crippen LogP contribution in [0.25, 0.3) is 6.08 Å². The van der Waals surface area contributed by atoms with Gasteiger partial charge in [-0.3, -0.25) is 0 Å². The number of hydrogen-bond donors (Lipinski definition) is 0. The zero-order valence-electron chi connectivity index (χ0n) is 13.7. The number of halogens is 1. The summed E-state index contributed by atoms with van der Waals surface area (Å²) in [4.78, 5) is 0. The molecule has 128 valence electrons. The summed E-state index contributed by atoms with van der Waals surface area (Å²) >= 11 is 4.68. The van der Waals surface area contributed by atoms with Gasteiger partial charge < -0.3 is 18.8 Å². The molecule has 0 bridgehead atoms. The van der Waals surface area contributed by atoms with Crippen LogP contribution in [-0.2, 0) is 16.9 Å². The zero-order chi connectivity index (χ0) is 17.5. The van der Waals surface area contributed by atoms with Gasteiger partial charge in [-0.05, 0) is 23.3 Å². The second-order valence-electron chi connectivity index (χ2n) is 4.90. The summed E-state index contributed by atoms with van der Waals surface area (Å²) in [5, 5.41) is 2.29. The summed E-state index contributed by atoms with van der Waals surface area (Å²) in [7, 11) is 4.71. The Bertz CT molecular complexity index is 676. The van der Waals surface area contributed by atoms with E-state index in [4.69, 9.17) is 25.8 Å². The highest BCUT2D eigenvalue weighted by molar-refractivity contribution is 7.93. The molecule has 0 amide bonds. The van der Waals surface area contributed by atoms with E-state index in [-0.39, 0.29) is 0 Å². The van der Waals surface area contributed by atoms with Crippen molar-refractivity contribution in [2.24, 2.45) is 0 Å². The van der Waals surface area contributed by atoms with E-state index in [0.717, 1.165) is 5.56 Å². The second-order valence-corrected chi connectivity index (χ2v) is 6.66. The number of ether oxygens (including phenoxy) is 3. The maximum Gasteiger partial charge on any atom is 0.135 e. The van der Waals surface area contributed by atoms with Gasteiger partial charge in [-0.1, -0.05) is 23.7 Å². The van der Waals surface area contributed by atoms with Gasteiger partial charge in [0.25, 0.3) is 0 Å². The Morgan fingerprint density at radius 3 is 2.08 bits per heavy atom. The molecule has 24 heavy (non-hydrogen) atoms. The van der Waals surface area contributed by atoms with E-state index in [1.807, 2.05) is 12.1 Å². The lowest BCUT2D eigenvalue weighted by molar-refractivity contribution is 0.374. The maximum atomic E-state index is 12.3. The molecule has 0 spiro atoms. The van der Waals surface area contributed by atoms with Crippen molar-refractivity contribution in [2.75, 3.05) is 21.3 Å². The minimum Gasteiger partial charge on any atom is -0.612 e. The highest BCUT2D eigenvalue weighted by Gasteiger charge is 2.12. The Morgan fingerprint density at radius 2 is 1.58 bits per heavy atom. The molecule has 0 aromatic heterocycles. The lowest BCUT2D eigenvalue weighted by Crippen LogP contribution is -2.00. The number of rotatable bonds is 7. The zero-order valence-corrected chi connectivity index (χ0v) is 15.3. The highest BCUT2D eigenvalue weighted by Crippen LogP contribution is 2.35. The molecular weight excluding hydrogens is 348 g/mol. The van der Waals surface area contributed by atoms with E-state index < -0.39 is 11.2 Å². The van der Waals surface area contributed by atoms with E-state index in [0.29, 0.717) is 33.6 Å². The Morgan fingerprint density at radius 1 is 1.00 bits per heavy atom. The van der Waals surface area contributed by atoms with Crippen molar-refractivity contribution in [3.63, 3.8) is 0 Å². The molecule has 0 saturated heterocycles. The van der Waals surface area contributed by atoms with Gasteiger partial charge in [0.1, 0.15) is 28.4 Å². The molecule has 1 unspecified atom stereocenters. The Labute approximate surface area is 150 Å². The third-order valence-electron chi connectivity index (χ3n) is 3.36. The second kappa shape index (κ2) is 8.87. The standard InChI is InChI=1S/C18H19ClO4S/c1-21-15-10-17(22-2)16(18(11-15)23-3)8-9-24(20)12-13-4-6-14(19)7-5-13/h4-11H,12H2,1-3H3. The van der Waals surface area contributed by atoms with E-state index in [9.17, 15) is 4.55 Å². The van der Waals surface area contributed by atoms with Crippen LogP contribution in [0.2, 0.25) is 5.02 Å². The van der Waals surface area contributed by atoms with Crippen LogP contribution < -0.4 is 14.2 Å². The summed E-state index contributed by atoms with van der Waals surface area (Å²) in [6.07, 6.45) is 1.74. The van der Waals surface area contributed by atoms with Crippen LogP contribution in [0.3, 0.4) is 0 Å². The lowest BCUT2D eigenvalue weighted by atomic mass is 10.1. The molecule has 0 heterocycles. The molecular formula is C18H19ClO4S. The SMILES string of the molecule is COc1cc(OC)c(C=C[S+]([O-])Cc2ccc(Cl)cc2)c(OC)c1. The molecule has 1 atom stereocenters. The van der Waals surface area contributed by atoms with Crippen LogP contribution in [-0.4, -0.2) is 25.9 Å². The monoisotopic (exact) mass is 366 g/mol. The molecule has 2 aromatic rings. The molecule has 0 saturated carbocycles. The third-order valence-corrected chi connectivity index (χ3v) is 4.67. The maximum absolute atomic E-state index is 12.3. The first-order valence-electron chi connectivity index (χ1n) is 7.17. The third kappa shape index (κ3) is 4.84. The molecule has 0 aliphatic heterocycles. The molecule has 2 rings (SSSR count). The Balaban J connectivity index is 2.19. The molecule has 0 aliphatic carbocycles. The van der Waals surface area contributed by atoms with E-state index >= 15 is 0 Å². The Kier molecular flexibility index (Phi) is 6.85. The van der Waals surface area contributed by atoms with Crippen LogP contribution in [0.15, 0.2) is 41.8 Å². The normalized spacial score (nSPS) is 12.2. The fourth-order valence-corrected chi connectivity index (χ4v) is 3.16. The van der Waals surface area contributed by atoms with E-state index in [1.165, 1.54) is 0 Å². The van der Waals surface area contributed by atoms with Gasteiger partial charge >= 0.3 is 0 Å². The minimum absolute atomic E-state index is 0.411. The predicted octanol–water partition coefficient (Wildman–Crippen LogP) is 4.29. The van der Waals surface area contributed by atoms with Crippen LogP contribution in [0, 0.1) is 0 Å². The largest absolute Gasteiger partial charge is 0.612 e. The van der Waals surface area contributed by atoms with Crippen LogP contribution in [0.1, 0.15) is 11.1 Å². The van der Waals surface area contributed by atoms with Crippen LogP contribution >= 0.6 is 11.6 Å². The van der Waals surface area contributed by atoms with Crippen LogP contribution in [0.4, 0.5) is 0 Å². The molecule has 0 aliphatic rings. The summed E-state index contributed by atoms with van der Waals surface area (Å²) < 4.78 is 28.2. The first-order chi connectivity index (χ1) is 11.6. The van der Waals surface area contributed by atoms with Gasteiger partial charge in [0.15, 0.2) is 0 Å². The predicted molar refractivity (Wildman–Crippen MR) is 98.4 cm³/mol. The van der Waals surface area contributed by atoms with Gasteiger partial charge in [0.2, 0.25) is 0 Å². The first kappa shape index (κ1) is 18.5. The van der Waals surface area contributed by atoms with Gasteiger partial charge in [0.05, 0.1) is 26.9 Å². The van der Waals surface area contributed by atoms with Crippen molar-refractivity contribution in [3.05, 3.63) is 58.0 Å². The number of methoxy groups -OCH3 is 3. The van der Waals surface area contributed by atoms with Crippen molar-refractivity contribution >= 4 is 28.9 Å². The lowest BCUT2D eigenvalue weighted by Gasteiger charge is -2.12. The van der Waals surface area contributed by atoms with Gasteiger partial charge in [-0.2, -0.15) is 0 Å². The first-order valence-corrected chi connectivity index (χ1v) is 8.93. The molecule has 6 heteroatoms. The molecule has 0 N–H and O–H groups in total. The quantitative estimate of drug-likeness (QED) is 0.686. The van der Waals surface area contributed by atoms with E-state index in [2.05, 4.69) is 0 Å².